The number of benzene rings is 1. The molecule has 0 fully saturated rings. The van der Waals surface area contributed by atoms with Crippen molar-refractivity contribution in [1.82, 2.24) is 14.9 Å². The lowest BCUT2D eigenvalue weighted by Gasteiger charge is -2.18. The van der Waals surface area contributed by atoms with Gasteiger partial charge in [-0.05, 0) is 24.5 Å². The fourth-order valence-corrected chi connectivity index (χ4v) is 2.48. The van der Waals surface area contributed by atoms with Gasteiger partial charge in [0, 0.05) is 13.0 Å². The highest BCUT2D eigenvalue weighted by atomic mass is 16.4. The lowest BCUT2D eigenvalue weighted by atomic mass is 10.0. The molecule has 2 rings (SSSR count). The third-order valence-electron chi connectivity index (χ3n) is 3.88. The maximum absolute atomic E-state index is 12.4. The molecule has 0 radical (unpaired) electrons. The summed E-state index contributed by atoms with van der Waals surface area (Å²) in [6, 6.07) is 4.43. The average Bonchev–Trinajstić information content (AvgIpc) is 2.52. The van der Waals surface area contributed by atoms with Gasteiger partial charge >= 0.3 is 5.97 Å². The highest BCUT2D eigenvalue weighted by Crippen LogP contribution is 2.11. The molecule has 7 nitrogen and oxygen atoms in total. The number of amides is 1. The third-order valence-corrected chi connectivity index (χ3v) is 3.88. The van der Waals surface area contributed by atoms with Gasteiger partial charge < -0.3 is 10.4 Å². The normalized spacial score (nSPS) is 12.3. The van der Waals surface area contributed by atoms with Gasteiger partial charge in [0.2, 0.25) is 5.91 Å². The first kappa shape index (κ1) is 17.7. The predicted octanol–water partition coefficient (Wildman–Crippen LogP) is 1.32. The van der Waals surface area contributed by atoms with Crippen molar-refractivity contribution in [2.24, 2.45) is 5.92 Å². The van der Waals surface area contributed by atoms with Gasteiger partial charge in [0.15, 0.2) is 0 Å². The molecule has 0 aliphatic rings. The molecule has 1 heterocycles. The number of carboxylic acid groups (broad SMARTS) is 1. The first-order valence-corrected chi connectivity index (χ1v) is 7.78. The summed E-state index contributed by atoms with van der Waals surface area (Å²) in [5.74, 6) is -1.70. The summed E-state index contributed by atoms with van der Waals surface area (Å²) in [5, 5.41) is 12.1. The predicted molar refractivity (Wildman–Crippen MR) is 89.8 cm³/mol. The largest absolute Gasteiger partial charge is 0.480 e. The molecule has 0 unspecified atom stereocenters. The van der Waals surface area contributed by atoms with E-state index in [-0.39, 0.29) is 24.4 Å². The molecule has 1 aromatic heterocycles. The van der Waals surface area contributed by atoms with Crippen LogP contribution < -0.4 is 10.9 Å². The van der Waals surface area contributed by atoms with E-state index in [9.17, 15) is 14.4 Å². The third kappa shape index (κ3) is 3.79. The molecular weight excluding hydrogens is 310 g/mol. The fraction of sp³-hybridized carbons (Fsp3) is 0.412. The number of aliphatic carboxylic acids is 1. The number of carbonyl (C=O) groups excluding carboxylic acids is 1. The molecule has 0 saturated heterocycles. The van der Waals surface area contributed by atoms with E-state index in [1.54, 1.807) is 26.0 Å². The van der Waals surface area contributed by atoms with Crippen LogP contribution >= 0.6 is 0 Å². The minimum Gasteiger partial charge on any atom is -0.480 e. The van der Waals surface area contributed by atoms with Crippen molar-refractivity contribution in [2.45, 2.75) is 39.8 Å². The van der Waals surface area contributed by atoms with Crippen molar-refractivity contribution in [2.75, 3.05) is 0 Å². The van der Waals surface area contributed by atoms with Gasteiger partial charge in [0.1, 0.15) is 6.04 Å². The molecule has 128 valence electrons. The summed E-state index contributed by atoms with van der Waals surface area (Å²) in [6.07, 6.45) is 1.43. The van der Waals surface area contributed by atoms with Gasteiger partial charge in [-0.3, -0.25) is 14.2 Å². The standard InChI is InChI=1S/C17H21N3O4/c1-10(2)14(17(23)24)19-13(21)7-8-20-9-18-15-11(3)5-4-6-12(15)16(20)22/h4-6,9-10,14H,7-8H2,1-3H3,(H,19,21)(H,23,24)/t14-/m1/s1. The molecule has 0 spiro atoms. The zero-order chi connectivity index (χ0) is 17.9. The van der Waals surface area contributed by atoms with Gasteiger partial charge in [0.05, 0.1) is 17.2 Å². The highest BCUT2D eigenvalue weighted by molar-refractivity contribution is 5.83. The number of aryl methyl sites for hydroxylation is 2. The molecule has 0 bridgehead atoms. The van der Waals surface area contributed by atoms with E-state index in [4.69, 9.17) is 5.11 Å². The lowest BCUT2D eigenvalue weighted by Crippen LogP contribution is -2.44. The number of hydrogen-bond acceptors (Lipinski definition) is 4. The van der Waals surface area contributed by atoms with Gasteiger partial charge in [-0.15, -0.1) is 0 Å². The van der Waals surface area contributed by atoms with Crippen molar-refractivity contribution in [3.05, 3.63) is 40.4 Å². The minimum atomic E-state index is -1.07. The van der Waals surface area contributed by atoms with Crippen molar-refractivity contribution in [3.63, 3.8) is 0 Å². The monoisotopic (exact) mass is 331 g/mol. The van der Waals surface area contributed by atoms with Gasteiger partial charge in [-0.25, -0.2) is 9.78 Å². The summed E-state index contributed by atoms with van der Waals surface area (Å²) in [4.78, 5) is 39.8. The number of nitrogens with one attached hydrogen (secondary N) is 1. The average molecular weight is 331 g/mol. The van der Waals surface area contributed by atoms with E-state index in [1.807, 2.05) is 13.0 Å². The molecule has 1 atom stereocenters. The van der Waals surface area contributed by atoms with Crippen LogP contribution in [0.3, 0.4) is 0 Å². The quantitative estimate of drug-likeness (QED) is 0.831. The molecular formula is C17H21N3O4. The minimum absolute atomic E-state index is 0.00933. The topological polar surface area (TPSA) is 101 Å². The summed E-state index contributed by atoms with van der Waals surface area (Å²) < 4.78 is 1.37. The second-order valence-electron chi connectivity index (χ2n) is 6.09. The summed E-state index contributed by atoms with van der Waals surface area (Å²) in [7, 11) is 0. The zero-order valence-electron chi connectivity index (χ0n) is 13.9. The van der Waals surface area contributed by atoms with E-state index >= 15 is 0 Å². The molecule has 7 heteroatoms. The van der Waals surface area contributed by atoms with Crippen molar-refractivity contribution in [1.29, 1.82) is 0 Å². The molecule has 0 saturated carbocycles. The highest BCUT2D eigenvalue weighted by Gasteiger charge is 2.23. The van der Waals surface area contributed by atoms with E-state index < -0.39 is 17.9 Å². The van der Waals surface area contributed by atoms with Crippen LogP contribution in [0.1, 0.15) is 25.8 Å². The van der Waals surface area contributed by atoms with Gasteiger partial charge in [-0.2, -0.15) is 0 Å². The van der Waals surface area contributed by atoms with Crippen LogP contribution in [0.4, 0.5) is 0 Å². The van der Waals surface area contributed by atoms with Crippen molar-refractivity contribution < 1.29 is 14.7 Å². The van der Waals surface area contributed by atoms with E-state index in [2.05, 4.69) is 10.3 Å². The number of carbonyl (C=O) groups is 2. The number of carboxylic acids is 1. The second-order valence-corrected chi connectivity index (χ2v) is 6.09. The number of fused-ring (bicyclic) bond motifs is 1. The number of para-hydroxylation sites is 1. The first-order chi connectivity index (χ1) is 11.3. The Balaban J connectivity index is 2.11. The molecule has 0 aliphatic heterocycles. The Morgan fingerprint density at radius 2 is 2.04 bits per heavy atom. The Kier molecular flexibility index (Phi) is 5.33. The number of nitrogens with zero attached hydrogens (tertiary/aromatic N) is 2. The molecule has 1 amide bonds. The number of aromatic nitrogens is 2. The smallest absolute Gasteiger partial charge is 0.326 e. The SMILES string of the molecule is Cc1cccc2c(=O)n(CCC(=O)N[C@@H](C(=O)O)C(C)C)cnc12. The van der Waals surface area contributed by atoms with E-state index in [0.717, 1.165) is 5.56 Å². The Morgan fingerprint density at radius 1 is 1.33 bits per heavy atom. The molecule has 24 heavy (non-hydrogen) atoms. The van der Waals surface area contributed by atoms with Crippen LogP contribution in [-0.4, -0.2) is 32.6 Å². The second kappa shape index (κ2) is 7.25. The fourth-order valence-electron chi connectivity index (χ4n) is 2.48. The molecule has 0 aliphatic carbocycles. The van der Waals surface area contributed by atoms with Crippen LogP contribution in [0.25, 0.3) is 10.9 Å². The van der Waals surface area contributed by atoms with Crippen LogP contribution in [-0.2, 0) is 16.1 Å². The first-order valence-electron chi connectivity index (χ1n) is 7.78. The van der Waals surface area contributed by atoms with E-state index in [1.165, 1.54) is 10.9 Å². The maximum Gasteiger partial charge on any atom is 0.326 e. The Bertz CT molecular complexity index is 826. The Morgan fingerprint density at radius 3 is 2.67 bits per heavy atom. The number of rotatable bonds is 6. The van der Waals surface area contributed by atoms with Gasteiger partial charge in [0.25, 0.3) is 5.56 Å². The maximum atomic E-state index is 12.4. The summed E-state index contributed by atoms with van der Waals surface area (Å²) >= 11 is 0. The van der Waals surface area contributed by atoms with Crippen LogP contribution in [0.2, 0.25) is 0 Å². The Hall–Kier alpha value is -2.70. The van der Waals surface area contributed by atoms with E-state index in [0.29, 0.717) is 10.9 Å². The van der Waals surface area contributed by atoms with Crippen molar-refractivity contribution >= 4 is 22.8 Å². The molecule has 2 aromatic rings. The summed E-state index contributed by atoms with van der Waals surface area (Å²) in [6.45, 7) is 5.47. The van der Waals surface area contributed by atoms with Crippen molar-refractivity contribution in [3.8, 4) is 0 Å². The zero-order valence-corrected chi connectivity index (χ0v) is 13.9. The summed E-state index contributed by atoms with van der Waals surface area (Å²) in [5.41, 5.74) is 1.35. The lowest BCUT2D eigenvalue weighted by molar-refractivity contribution is -0.143. The van der Waals surface area contributed by atoms with Crippen LogP contribution in [0, 0.1) is 12.8 Å². The molecule has 1 aromatic carbocycles. The van der Waals surface area contributed by atoms with Gasteiger partial charge in [-0.1, -0.05) is 26.0 Å². The Labute approximate surface area is 139 Å². The number of hydrogen-bond donors (Lipinski definition) is 2. The van der Waals surface area contributed by atoms with Crippen LogP contribution in [0.5, 0.6) is 0 Å². The van der Waals surface area contributed by atoms with Crippen LogP contribution in [0.15, 0.2) is 29.3 Å². The molecule has 2 N–H and O–H groups in total.